The Balaban J connectivity index is 1.75. The van der Waals surface area contributed by atoms with Crippen molar-refractivity contribution in [1.29, 1.82) is 5.26 Å². The molecule has 35 heavy (non-hydrogen) atoms. The topological polar surface area (TPSA) is 70.9 Å². The van der Waals surface area contributed by atoms with Crippen LogP contribution >= 0.6 is 0 Å². The maximum atomic E-state index is 14.8. The van der Waals surface area contributed by atoms with Crippen LogP contribution in [-0.2, 0) is 13.1 Å². The molecule has 0 amide bonds. The quantitative estimate of drug-likeness (QED) is 0.418. The van der Waals surface area contributed by atoms with E-state index in [4.69, 9.17) is 10.7 Å². The van der Waals surface area contributed by atoms with Gasteiger partial charge >= 0.3 is 0 Å². The van der Waals surface area contributed by atoms with E-state index in [0.717, 1.165) is 65.9 Å². The third-order valence-electron chi connectivity index (χ3n) is 7.22. The minimum absolute atomic E-state index is 0.0406. The van der Waals surface area contributed by atoms with Crippen molar-refractivity contribution in [3.63, 3.8) is 0 Å². The lowest BCUT2D eigenvalue weighted by Crippen LogP contribution is -2.27. The van der Waals surface area contributed by atoms with E-state index in [1.165, 1.54) is 22.9 Å². The molecule has 1 fully saturated rings. The van der Waals surface area contributed by atoms with Gasteiger partial charge in [0, 0.05) is 54.4 Å². The molecule has 3 heterocycles. The van der Waals surface area contributed by atoms with Crippen molar-refractivity contribution in [3.8, 4) is 28.5 Å². The van der Waals surface area contributed by atoms with Crippen LogP contribution in [0.1, 0.15) is 35.7 Å². The average Bonchev–Trinajstić information content (AvgIpc) is 3.42. The molecular weight excluding hydrogens is 437 g/mol. The lowest BCUT2D eigenvalue weighted by atomic mass is 9.94. The maximum absolute atomic E-state index is 14.8. The molecule has 5 nitrogen and oxygen atoms in total. The van der Waals surface area contributed by atoms with Gasteiger partial charge in [-0.2, -0.15) is 5.26 Å². The lowest BCUT2D eigenvalue weighted by molar-refractivity contribution is 0.318. The fraction of sp³-hybridized carbons (Fsp3) is 0.310. The molecule has 6 heteroatoms. The number of nitrogens with zero attached hydrogens (tertiary/aromatic N) is 4. The van der Waals surface area contributed by atoms with E-state index in [9.17, 15) is 9.65 Å². The highest BCUT2D eigenvalue weighted by molar-refractivity contribution is 6.02. The largest absolute Gasteiger partial charge is 0.342 e. The van der Waals surface area contributed by atoms with Crippen LogP contribution in [0.3, 0.4) is 0 Å². The Morgan fingerprint density at radius 1 is 1.11 bits per heavy atom. The van der Waals surface area contributed by atoms with Gasteiger partial charge in [-0.15, -0.1) is 0 Å². The number of halogens is 1. The van der Waals surface area contributed by atoms with E-state index in [0.29, 0.717) is 0 Å². The number of rotatable bonds is 5. The van der Waals surface area contributed by atoms with Gasteiger partial charge in [0.2, 0.25) is 0 Å². The third-order valence-corrected chi connectivity index (χ3v) is 7.22. The minimum atomic E-state index is -0.519. The summed E-state index contributed by atoms with van der Waals surface area (Å²) in [4.78, 5) is 7.31. The van der Waals surface area contributed by atoms with E-state index in [2.05, 4.69) is 54.5 Å². The summed E-state index contributed by atoms with van der Waals surface area (Å²) in [6, 6.07) is 15.5. The fourth-order valence-corrected chi connectivity index (χ4v) is 5.18. The molecule has 1 aliphatic rings. The number of aromatic nitrogens is 2. The van der Waals surface area contributed by atoms with Crippen molar-refractivity contribution < 1.29 is 4.39 Å². The molecule has 2 N–H and O–H groups in total. The van der Waals surface area contributed by atoms with Crippen LogP contribution < -0.4 is 5.73 Å². The first-order chi connectivity index (χ1) is 16.9. The van der Waals surface area contributed by atoms with Crippen molar-refractivity contribution >= 4 is 10.9 Å². The maximum Gasteiger partial charge on any atom is 0.141 e. The van der Waals surface area contributed by atoms with E-state index < -0.39 is 5.82 Å². The predicted molar refractivity (Wildman–Crippen MR) is 138 cm³/mol. The Morgan fingerprint density at radius 3 is 2.57 bits per heavy atom. The smallest absolute Gasteiger partial charge is 0.141 e. The van der Waals surface area contributed by atoms with E-state index in [1.807, 2.05) is 18.3 Å². The number of benzene rings is 2. The molecule has 178 valence electrons. The first-order valence-electron chi connectivity index (χ1n) is 12.2. The summed E-state index contributed by atoms with van der Waals surface area (Å²) in [7, 11) is 0. The molecule has 1 aliphatic heterocycles. The van der Waals surface area contributed by atoms with Crippen molar-refractivity contribution in [2.75, 3.05) is 13.1 Å². The van der Waals surface area contributed by atoms with E-state index in [1.54, 1.807) is 6.07 Å². The third kappa shape index (κ3) is 4.22. The van der Waals surface area contributed by atoms with Crippen LogP contribution in [0.2, 0.25) is 0 Å². The minimum Gasteiger partial charge on any atom is -0.342 e. The summed E-state index contributed by atoms with van der Waals surface area (Å²) in [5.74, 6) is -0.519. The fourth-order valence-electron chi connectivity index (χ4n) is 5.18. The molecule has 2 aromatic heterocycles. The van der Waals surface area contributed by atoms with Crippen molar-refractivity contribution in [3.05, 3.63) is 76.9 Å². The second-order valence-corrected chi connectivity index (χ2v) is 9.55. The number of hydrogen-bond acceptors (Lipinski definition) is 4. The molecule has 0 saturated carbocycles. The summed E-state index contributed by atoms with van der Waals surface area (Å²) in [5, 5.41) is 10.3. The van der Waals surface area contributed by atoms with Crippen LogP contribution in [0, 0.1) is 31.0 Å². The monoisotopic (exact) mass is 467 g/mol. The standard InChI is InChI=1S/C29H30FN5/c1-4-35-24(17-34-10-9-23(32)16-34)13-25-27(35)15-33-29(21-6-5-18(2)19(3)11-21)28(25)20-7-8-22(14-31)26(30)12-20/h5-8,11-13,15,23H,4,9-10,16-17,32H2,1-3H3/t23-/m0/s1. The van der Waals surface area contributed by atoms with Gasteiger partial charge in [0.1, 0.15) is 11.9 Å². The number of likely N-dealkylation sites (tertiary alicyclic amines) is 1. The van der Waals surface area contributed by atoms with Gasteiger partial charge in [-0.25, -0.2) is 4.39 Å². The average molecular weight is 468 g/mol. The second-order valence-electron chi connectivity index (χ2n) is 9.55. The molecule has 4 aromatic rings. The first-order valence-corrected chi connectivity index (χ1v) is 12.2. The Morgan fingerprint density at radius 2 is 1.91 bits per heavy atom. The second kappa shape index (κ2) is 9.26. The van der Waals surface area contributed by atoms with Crippen LogP contribution in [0.5, 0.6) is 0 Å². The zero-order valence-electron chi connectivity index (χ0n) is 20.5. The zero-order valence-corrected chi connectivity index (χ0v) is 20.5. The van der Waals surface area contributed by atoms with E-state index >= 15 is 0 Å². The van der Waals surface area contributed by atoms with Gasteiger partial charge in [0.05, 0.1) is 23.0 Å². The SMILES string of the molecule is CCn1c(CN2CC[C@H](N)C2)cc2c(-c3ccc(C#N)c(F)c3)c(-c3ccc(C)c(C)c3)ncc21. The molecular formula is C29H30FN5. The molecule has 0 spiro atoms. The predicted octanol–water partition coefficient (Wildman–Crippen LogP) is 5.55. The number of pyridine rings is 1. The number of aryl methyl sites for hydroxylation is 3. The molecule has 2 aromatic carbocycles. The Bertz CT molecular complexity index is 1460. The molecule has 5 rings (SSSR count). The molecule has 1 saturated heterocycles. The molecule has 0 bridgehead atoms. The number of hydrogen-bond donors (Lipinski definition) is 1. The van der Waals surface area contributed by atoms with Crippen LogP contribution in [0.4, 0.5) is 4.39 Å². The highest BCUT2D eigenvalue weighted by atomic mass is 19.1. The highest BCUT2D eigenvalue weighted by Crippen LogP contribution is 2.39. The molecule has 0 unspecified atom stereocenters. The van der Waals surface area contributed by atoms with Crippen LogP contribution in [0.15, 0.2) is 48.7 Å². The van der Waals surface area contributed by atoms with Gasteiger partial charge < -0.3 is 10.3 Å². The number of nitrogens with two attached hydrogens (primary N) is 1. The number of fused-ring (bicyclic) bond motifs is 1. The Kier molecular flexibility index (Phi) is 6.14. The van der Waals surface area contributed by atoms with E-state index in [-0.39, 0.29) is 11.6 Å². The van der Waals surface area contributed by atoms with Gasteiger partial charge in [0.15, 0.2) is 0 Å². The summed E-state index contributed by atoms with van der Waals surface area (Å²) in [5.41, 5.74) is 14.2. The highest BCUT2D eigenvalue weighted by Gasteiger charge is 2.23. The summed E-state index contributed by atoms with van der Waals surface area (Å²) < 4.78 is 17.1. The lowest BCUT2D eigenvalue weighted by Gasteiger charge is -2.17. The Labute approximate surface area is 205 Å². The Hall–Kier alpha value is -3.53. The summed E-state index contributed by atoms with van der Waals surface area (Å²) in [6.45, 7) is 9.82. The molecule has 0 radical (unpaired) electrons. The zero-order chi connectivity index (χ0) is 24.7. The van der Waals surface area contributed by atoms with Gasteiger partial charge in [-0.3, -0.25) is 9.88 Å². The molecule has 1 atom stereocenters. The van der Waals surface area contributed by atoms with Gasteiger partial charge in [-0.05, 0) is 68.1 Å². The first kappa shape index (κ1) is 23.2. The van der Waals surface area contributed by atoms with Gasteiger partial charge in [-0.1, -0.05) is 18.2 Å². The van der Waals surface area contributed by atoms with Gasteiger partial charge in [0.25, 0.3) is 0 Å². The van der Waals surface area contributed by atoms with Crippen molar-refractivity contribution in [2.45, 2.75) is 46.3 Å². The van der Waals surface area contributed by atoms with Crippen molar-refractivity contribution in [1.82, 2.24) is 14.5 Å². The van der Waals surface area contributed by atoms with Crippen LogP contribution in [-0.4, -0.2) is 33.6 Å². The molecule has 0 aliphatic carbocycles. The number of nitriles is 1. The summed E-state index contributed by atoms with van der Waals surface area (Å²) in [6.07, 6.45) is 2.95. The summed E-state index contributed by atoms with van der Waals surface area (Å²) >= 11 is 0. The van der Waals surface area contributed by atoms with Crippen LogP contribution in [0.25, 0.3) is 33.3 Å². The van der Waals surface area contributed by atoms with Crippen molar-refractivity contribution in [2.24, 2.45) is 5.73 Å². The normalized spacial score (nSPS) is 16.2.